The monoisotopic (exact) mass is 295 g/mol. The van der Waals surface area contributed by atoms with Crippen LogP contribution >= 0.6 is 15.9 Å². The van der Waals surface area contributed by atoms with Gasteiger partial charge in [-0.05, 0) is 18.2 Å². The summed E-state index contributed by atoms with van der Waals surface area (Å²) in [6.45, 7) is 0. The first kappa shape index (κ1) is 13.0. The van der Waals surface area contributed by atoms with Crippen molar-refractivity contribution in [2.45, 2.75) is 19.0 Å². The summed E-state index contributed by atoms with van der Waals surface area (Å²) in [6, 6.07) is 4.39. The fourth-order valence-corrected chi connectivity index (χ4v) is 1.68. The van der Waals surface area contributed by atoms with Crippen LogP contribution < -0.4 is 5.73 Å². The predicted octanol–water partition coefficient (Wildman–Crippen LogP) is 3.56. The van der Waals surface area contributed by atoms with Gasteiger partial charge in [-0.1, -0.05) is 15.9 Å². The van der Waals surface area contributed by atoms with Crippen molar-refractivity contribution in [3.05, 3.63) is 28.2 Å². The molecule has 16 heavy (non-hydrogen) atoms. The van der Waals surface area contributed by atoms with Gasteiger partial charge in [0.15, 0.2) is 5.78 Å². The van der Waals surface area contributed by atoms with Crippen LogP contribution in [-0.2, 0) is 0 Å². The number of hydrogen-bond donors (Lipinski definition) is 1. The number of nitrogens with two attached hydrogens (primary N) is 1. The van der Waals surface area contributed by atoms with Crippen molar-refractivity contribution in [3.8, 4) is 0 Å². The average molecular weight is 296 g/mol. The molecule has 0 fully saturated rings. The van der Waals surface area contributed by atoms with Crippen molar-refractivity contribution < 1.29 is 18.0 Å². The lowest BCUT2D eigenvalue weighted by Crippen LogP contribution is -2.11. The van der Waals surface area contributed by atoms with Gasteiger partial charge >= 0.3 is 6.18 Å². The Kier molecular flexibility index (Phi) is 3.96. The smallest absolute Gasteiger partial charge is 0.389 e. The van der Waals surface area contributed by atoms with E-state index in [9.17, 15) is 18.0 Å². The molecule has 0 aliphatic carbocycles. The fraction of sp³-hybridized carbons (Fsp3) is 0.300. The van der Waals surface area contributed by atoms with Gasteiger partial charge in [-0.3, -0.25) is 4.79 Å². The van der Waals surface area contributed by atoms with Crippen LogP contribution in [0.5, 0.6) is 0 Å². The average Bonchev–Trinajstić information content (AvgIpc) is 2.11. The number of ketones is 1. The topological polar surface area (TPSA) is 43.1 Å². The van der Waals surface area contributed by atoms with Crippen molar-refractivity contribution in [1.29, 1.82) is 0 Å². The quantitative estimate of drug-likeness (QED) is 0.684. The molecule has 0 saturated carbocycles. The van der Waals surface area contributed by atoms with Crippen molar-refractivity contribution in [1.82, 2.24) is 0 Å². The van der Waals surface area contributed by atoms with Gasteiger partial charge in [0, 0.05) is 22.1 Å². The standard InChI is InChI=1S/C10H9BrF3NO/c11-7-3-6(4-8(15)5-7)9(16)1-2-10(12,13)14/h3-5H,1-2,15H2. The summed E-state index contributed by atoms with van der Waals surface area (Å²) in [7, 11) is 0. The Morgan fingerprint density at radius 3 is 2.44 bits per heavy atom. The second kappa shape index (κ2) is 4.86. The molecule has 1 aromatic rings. The SMILES string of the molecule is Nc1cc(Br)cc(C(=O)CCC(F)(F)F)c1. The van der Waals surface area contributed by atoms with Gasteiger partial charge in [-0.15, -0.1) is 0 Å². The minimum atomic E-state index is -4.31. The Bertz CT molecular complexity index is 383. The maximum Gasteiger partial charge on any atom is 0.389 e. The highest BCUT2D eigenvalue weighted by atomic mass is 79.9. The van der Waals surface area contributed by atoms with Gasteiger partial charge in [0.05, 0.1) is 6.42 Å². The molecular weight excluding hydrogens is 287 g/mol. The molecule has 1 aromatic carbocycles. The van der Waals surface area contributed by atoms with E-state index in [1.165, 1.54) is 12.1 Å². The van der Waals surface area contributed by atoms with Crippen LogP contribution in [0.15, 0.2) is 22.7 Å². The zero-order valence-electron chi connectivity index (χ0n) is 8.14. The van der Waals surface area contributed by atoms with Crippen molar-refractivity contribution in [2.75, 3.05) is 5.73 Å². The van der Waals surface area contributed by atoms with Crippen LogP contribution in [0.1, 0.15) is 23.2 Å². The minimum absolute atomic E-state index is 0.191. The Morgan fingerprint density at radius 1 is 1.31 bits per heavy atom. The van der Waals surface area contributed by atoms with Gasteiger partial charge in [-0.2, -0.15) is 13.2 Å². The molecule has 1 rings (SSSR count). The second-order valence-corrected chi connectivity index (χ2v) is 4.23. The lowest BCUT2D eigenvalue weighted by molar-refractivity contribution is -0.133. The van der Waals surface area contributed by atoms with Gasteiger partial charge in [0.1, 0.15) is 0 Å². The number of anilines is 1. The lowest BCUT2D eigenvalue weighted by atomic mass is 10.1. The Hall–Kier alpha value is -1.04. The van der Waals surface area contributed by atoms with E-state index in [2.05, 4.69) is 15.9 Å². The van der Waals surface area contributed by atoms with Gasteiger partial charge in [0.2, 0.25) is 0 Å². The number of rotatable bonds is 3. The highest BCUT2D eigenvalue weighted by molar-refractivity contribution is 9.10. The van der Waals surface area contributed by atoms with Gasteiger partial charge in [0.25, 0.3) is 0 Å². The number of alkyl halides is 3. The summed E-state index contributed by atoms with van der Waals surface area (Å²) in [5.41, 5.74) is 6.00. The van der Waals surface area contributed by atoms with Crippen LogP contribution in [0, 0.1) is 0 Å². The third-order valence-electron chi connectivity index (χ3n) is 1.88. The molecule has 88 valence electrons. The molecule has 0 aliphatic rings. The molecule has 0 radical (unpaired) electrons. The predicted molar refractivity (Wildman–Crippen MR) is 58.2 cm³/mol. The Morgan fingerprint density at radius 2 is 1.94 bits per heavy atom. The lowest BCUT2D eigenvalue weighted by Gasteiger charge is -2.06. The summed E-state index contributed by atoms with van der Waals surface area (Å²) < 4.78 is 36.3. The molecule has 0 bridgehead atoms. The van der Waals surface area contributed by atoms with E-state index in [-0.39, 0.29) is 5.56 Å². The van der Waals surface area contributed by atoms with Crippen LogP contribution in [0.3, 0.4) is 0 Å². The maximum absolute atomic E-state index is 11.9. The van der Waals surface area contributed by atoms with Gasteiger partial charge < -0.3 is 5.73 Å². The summed E-state index contributed by atoms with van der Waals surface area (Å²) in [6.07, 6.45) is -5.98. The summed E-state index contributed by atoms with van der Waals surface area (Å²) in [5, 5.41) is 0. The van der Waals surface area contributed by atoms with Crippen LogP contribution in [-0.4, -0.2) is 12.0 Å². The Balaban J connectivity index is 2.73. The highest BCUT2D eigenvalue weighted by Crippen LogP contribution is 2.24. The van der Waals surface area contributed by atoms with Crippen molar-refractivity contribution in [3.63, 3.8) is 0 Å². The molecule has 0 heterocycles. The molecule has 0 spiro atoms. The first-order valence-corrected chi connectivity index (χ1v) is 5.23. The maximum atomic E-state index is 11.9. The van der Waals surface area contributed by atoms with E-state index in [1.807, 2.05) is 0 Å². The Labute approximate surface area is 98.8 Å². The molecular formula is C10H9BrF3NO. The summed E-state index contributed by atoms with van der Waals surface area (Å²) in [5.74, 6) is -0.565. The molecule has 0 aliphatic heterocycles. The normalized spacial score (nSPS) is 11.5. The molecule has 2 nitrogen and oxygen atoms in total. The molecule has 0 atom stereocenters. The van der Waals surface area contributed by atoms with Crippen LogP contribution in [0.25, 0.3) is 0 Å². The van der Waals surface area contributed by atoms with Crippen molar-refractivity contribution >= 4 is 27.4 Å². The molecule has 0 aromatic heterocycles. The van der Waals surface area contributed by atoms with E-state index >= 15 is 0 Å². The van der Waals surface area contributed by atoms with E-state index in [1.54, 1.807) is 6.07 Å². The van der Waals surface area contributed by atoms with E-state index in [0.717, 1.165) is 0 Å². The zero-order chi connectivity index (χ0) is 12.3. The molecule has 6 heteroatoms. The number of carbonyl (C=O) groups excluding carboxylic acids is 1. The number of benzene rings is 1. The van der Waals surface area contributed by atoms with Crippen LogP contribution in [0.4, 0.5) is 18.9 Å². The zero-order valence-corrected chi connectivity index (χ0v) is 9.73. The third-order valence-corrected chi connectivity index (χ3v) is 2.34. The number of Topliss-reactive ketones (excluding diaryl/α,β-unsaturated/α-hetero) is 1. The first-order chi connectivity index (χ1) is 7.28. The van der Waals surface area contributed by atoms with Gasteiger partial charge in [-0.25, -0.2) is 0 Å². The van der Waals surface area contributed by atoms with Crippen LogP contribution in [0.2, 0.25) is 0 Å². The highest BCUT2D eigenvalue weighted by Gasteiger charge is 2.28. The minimum Gasteiger partial charge on any atom is -0.399 e. The number of nitrogen functional groups attached to an aromatic ring is 1. The van der Waals surface area contributed by atoms with Crippen molar-refractivity contribution in [2.24, 2.45) is 0 Å². The number of carbonyl (C=O) groups is 1. The largest absolute Gasteiger partial charge is 0.399 e. The van der Waals surface area contributed by atoms with E-state index < -0.39 is 24.8 Å². The molecule has 0 saturated heterocycles. The first-order valence-electron chi connectivity index (χ1n) is 4.44. The number of hydrogen-bond acceptors (Lipinski definition) is 2. The summed E-state index contributed by atoms with van der Waals surface area (Å²) in [4.78, 5) is 11.4. The molecule has 2 N–H and O–H groups in total. The molecule has 0 amide bonds. The second-order valence-electron chi connectivity index (χ2n) is 3.31. The molecule has 0 unspecified atom stereocenters. The van der Waals surface area contributed by atoms with E-state index in [4.69, 9.17) is 5.73 Å². The number of halogens is 4. The fourth-order valence-electron chi connectivity index (χ4n) is 1.17. The summed E-state index contributed by atoms with van der Waals surface area (Å²) >= 11 is 3.12. The van der Waals surface area contributed by atoms with E-state index in [0.29, 0.717) is 10.2 Å². The third kappa shape index (κ3) is 4.22.